The second-order valence-corrected chi connectivity index (χ2v) is 6.08. The number of amides is 1. The molecule has 1 saturated heterocycles. The first-order valence-corrected chi connectivity index (χ1v) is 7.75. The van der Waals surface area contributed by atoms with Crippen molar-refractivity contribution in [3.63, 3.8) is 0 Å². The lowest BCUT2D eigenvalue weighted by atomic mass is 10.2. The Bertz CT molecular complexity index is 774. The Hall–Kier alpha value is -2.11. The van der Waals surface area contributed by atoms with Crippen LogP contribution in [0.1, 0.15) is 5.56 Å². The Morgan fingerprint density at radius 3 is 2.91 bits per heavy atom. The minimum atomic E-state index is -0.0763. The fraction of sp³-hybridized carbons (Fsp3) is 0.0625. The normalized spacial score (nSPS) is 18.5. The molecular formula is C16H12ClN3OS. The summed E-state index contributed by atoms with van der Waals surface area (Å²) in [4.78, 5) is 22.9. The SMILES string of the molecule is CN1C(=O)/C(=C/c2cccc(Cl)c2)SC1=Nc1cccnc1. The number of aromatic nitrogens is 1. The van der Waals surface area contributed by atoms with Crippen LogP contribution in [0.25, 0.3) is 6.08 Å². The molecule has 1 aromatic carbocycles. The van der Waals surface area contributed by atoms with Crippen LogP contribution in [0, 0.1) is 0 Å². The number of carbonyl (C=O) groups excluding carboxylic acids is 1. The van der Waals surface area contributed by atoms with Gasteiger partial charge in [-0.15, -0.1) is 0 Å². The highest BCUT2D eigenvalue weighted by atomic mass is 35.5. The first-order chi connectivity index (χ1) is 10.6. The van der Waals surface area contributed by atoms with E-state index in [-0.39, 0.29) is 5.91 Å². The third-order valence-electron chi connectivity index (χ3n) is 3.02. The topological polar surface area (TPSA) is 45.6 Å². The summed E-state index contributed by atoms with van der Waals surface area (Å²) < 4.78 is 0. The highest BCUT2D eigenvalue weighted by Gasteiger charge is 2.30. The van der Waals surface area contributed by atoms with E-state index in [0.29, 0.717) is 20.8 Å². The van der Waals surface area contributed by atoms with E-state index in [1.807, 2.05) is 36.4 Å². The van der Waals surface area contributed by atoms with Crippen LogP contribution in [-0.4, -0.2) is 28.0 Å². The van der Waals surface area contributed by atoms with Crippen molar-refractivity contribution in [2.24, 2.45) is 4.99 Å². The average molecular weight is 330 g/mol. The molecule has 0 unspecified atom stereocenters. The number of hydrogen-bond acceptors (Lipinski definition) is 4. The van der Waals surface area contributed by atoms with Crippen molar-refractivity contribution in [1.29, 1.82) is 0 Å². The molecule has 6 heteroatoms. The zero-order chi connectivity index (χ0) is 15.5. The van der Waals surface area contributed by atoms with Crippen LogP contribution >= 0.6 is 23.4 Å². The smallest absolute Gasteiger partial charge is 0.266 e. The number of halogens is 1. The second-order valence-electron chi connectivity index (χ2n) is 4.64. The third kappa shape index (κ3) is 3.21. The van der Waals surface area contributed by atoms with Crippen LogP contribution in [-0.2, 0) is 4.79 Å². The van der Waals surface area contributed by atoms with Crippen LogP contribution in [0.15, 0.2) is 58.7 Å². The molecule has 0 N–H and O–H groups in total. The maximum atomic E-state index is 12.3. The van der Waals surface area contributed by atoms with Gasteiger partial charge in [-0.2, -0.15) is 0 Å². The lowest BCUT2D eigenvalue weighted by Crippen LogP contribution is -2.23. The van der Waals surface area contributed by atoms with Gasteiger partial charge >= 0.3 is 0 Å². The number of hydrogen-bond donors (Lipinski definition) is 0. The molecule has 1 aliphatic rings. The Morgan fingerprint density at radius 1 is 1.32 bits per heavy atom. The standard InChI is InChI=1S/C16H12ClN3OS/c1-20-15(21)14(9-11-4-2-5-12(17)8-11)22-16(20)19-13-6-3-7-18-10-13/h2-10H,1H3/b14-9-,19-16?. The summed E-state index contributed by atoms with van der Waals surface area (Å²) in [6.07, 6.45) is 5.16. The maximum Gasteiger partial charge on any atom is 0.266 e. The van der Waals surface area contributed by atoms with Crippen molar-refractivity contribution < 1.29 is 4.79 Å². The lowest BCUT2D eigenvalue weighted by Gasteiger charge is -2.06. The number of likely N-dealkylation sites (N-methyl/N-ethyl adjacent to an activating group) is 1. The van der Waals surface area contributed by atoms with Gasteiger partial charge in [0.1, 0.15) is 0 Å². The number of amidine groups is 1. The molecule has 0 saturated carbocycles. The predicted octanol–water partition coefficient (Wildman–Crippen LogP) is 3.97. The summed E-state index contributed by atoms with van der Waals surface area (Å²) in [5.74, 6) is -0.0763. The quantitative estimate of drug-likeness (QED) is 0.783. The van der Waals surface area contributed by atoms with E-state index < -0.39 is 0 Å². The first kappa shape index (κ1) is 14.8. The van der Waals surface area contributed by atoms with Gasteiger partial charge in [0, 0.05) is 18.3 Å². The largest absolute Gasteiger partial charge is 0.290 e. The molecule has 1 amide bonds. The molecule has 1 fully saturated rings. The van der Waals surface area contributed by atoms with Crippen LogP contribution in [0.3, 0.4) is 0 Å². The molecule has 0 bridgehead atoms. The fourth-order valence-corrected chi connectivity index (χ4v) is 3.12. The number of benzene rings is 1. The molecule has 110 valence electrons. The number of rotatable bonds is 2. The Labute approximate surface area is 137 Å². The van der Waals surface area contributed by atoms with Gasteiger partial charge in [0.05, 0.1) is 16.8 Å². The Kier molecular flexibility index (Phi) is 4.27. The van der Waals surface area contributed by atoms with E-state index in [1.165, 1.54) is 16.7 Å². The highest BCUT2D eigenvalue weighted by molar-refractivity contribution is 8.18. The molecule has 22 heavy (non-hydrogen) atoms. The van der Waals surface area contributed by atoms with Crippen molar-refractivity contribution in [3.8, 4) is 0 Å². The molecule has 1 aliphatic heterocycles. The molecule has 0 aliphatic carbocycles. The van der Waals surface area contributed by atoms with Gasteiger partial charge in [-0.25, -0.2) is 4.99 Å². The first-order valence-electron chi connectivity index (χ1n) is 6.55. The van der Waals surface area contributed by atoms with Crippen LogP contribution < -0.4 is 0 Å². The number of nitrogens with zero attached hydrogens (tertiary/aromatic N) is 3. The van der Waals surface area contributed by atoms with Gasteiger partial charge in [-0.05, 0) is 47.7 Å². The minimum absolute atomic E-state index is 0.0763. The summed E-state index contributed by atoms with van der Waals surface area (Å²) in [5, 5.41) is 1.27. The molecule has 2 heterocycles. The second kappa shape index (κ2) is 6.34. The van der Waals surface area contributed by atoms with Crippen molar-refractivity contribution >= 4 is 46.2 Å². The van der Waals surface area contributed by atoms with Crippen molar-refractivity contribution in [2.75, 3.05) is 7.05 Å². The summed E-state index contributed by atoms with van der Waals surface area (Å²) in [6, 6.07) is 11.0. The minimum Gasteiger partial charge on any atom is -0.290 e. The number of aliphatic imine (C=N–C) groups is 1. The average Bonchev–Trinajstić information content (AvgIpc) is 2.77. The zero-order valence-corrected chi connectivity index (χ0v) is 13.3. The van der Waals surface area contributed by atoms with Gasteiger partial charge in [-0.1, -0.05) is 23.7 Å². The number of pyridine rings is 1. The number of carbonyl (C=O) groups is 1. The summed E-state index contributed by atoms with van der Waals surface area (Å²) in [6.45, 7) is 0. The molecule has 4 nitrogen and oxygen atoms in total. The Balaban J connectivity index is 1.90. The van der Waals surface area contributed by atoms with E-state index in [9.17, 15) is 4.79 Å². The monoisotopic (exact) mass is 329 g/mol. The zero-order valence-electron chi connectivity index (χ0n) is 11.7. The van der Waals surface area contributed by atoms with Crippen LogP contribution in [0.2, 0.25) is 5.02 Å². The van der Waals surface area contributed by atoms with E-state index in [2.05, 4.69) is 9.98 Å². The van der Waals surface area contributed by atoms with E-state index in [4.69, 9.17) is 11.6 Å². The van der Waals surface area contributed by atoms with E-state index in [1.54, 1.807) is 25.5 Å². The Morgan fingerprint density at radius 2 is 2.18 bits per heavy atom. The molecule has 0 atom stereocenters. The molecule has 0 spiro atoms. The van der Waals surface area contributed by atoms with E-state index >= 15 is 0 Å². The van der Waals surface area contributed by atoms with Crippen LogP contribution in [0.4, 0.5) is 5.69 Å². The summed E-state index contributed by atoms with van der Waals surface area (Å²) >= 11 is 7.31. The van der Waals surface area contributed by atoms with Crippen molar-refractivity contribution in [1.82, 2.24) is 9.88 Å². The predicted molar refractivity (Wildman–Crippen MR) is 91.1 cm³/mol. The lowest BCUT2D eigenvalue weighted by molar-refractivity contribution is -0.121. The summed E-state index contributed by atoms with van der Waals surface area (Å²) in [7, 11) is 1.71. The van der Waals surface area contributed by atoms with Gasteiger partial charge in [-0.3, -0.25) is 14.7 Å². The van der Waals surface area contributed by atoms with Gasteiger partial charge in [0.25, 0.3) is 5.91 Å². The molecular weight excluding hydrogens is 318 g/mol. The number of thioether (sulfide) groups is 1. The molecule has 3 rings (SSSR count). The van der Waals surface area contributed by atoms with Gasteiger partial charge in [0.2, 0.25) is 0 Å². The fourth-order valence-electron chi connectivity index (χ4n) is 1.93. The highest BCUT2D eigenvalue weighted by Crippen LogP contribution is 2.33. The van der Waals surface area contributed by atoms with Gasteiger partial charge < -0.3 is 0 Å². The van der Waals surface area contributed by atoms with Crippen molar-refractivity contribution in [3.05, 3.63) is 64.3 Å². The maximum absolute atomic E-state index is 12.3. The molecule has 0 radical (unpaired) electrons. The molecule has 1 aromatic heterocycles. The third-order valence-corrected chi connectivity index (χ3v) is 4.32. The van der Waals surface area contributed by atoms with Crippen LogP contribution in [0.5, 0.6) is 0 Å². The van der Waals surface area contributed by atoms with E-state index in [0.717, 1.165) is 5.56 Å². The van der Waals surface area contributed by atoms with Crippen molar-refractivity contribution in [2.45, 2.75) is 0 Å². The summed E-state index contributed by atoms with van der Waals surface area (Å²) in [5.41, 5.74) is 1.60. The van der Waals surface area contributed by atoms with Gasteiger partial charge in [0.15, 0.2) is 5.17 Å². The molecule has 2 aromatic rings.